The normalized spacial score (nSPS) is 10.7. The zero-order chi connectivity index (χ0) is 35.7. The fourth-order valence-electron chi connectivity index (χ4n) is 6.18. The third-order valence-corrected chi connectivity index (χ3v) is 11.0. The molecule has 0 radical (unpaired) electrons. The maximum atomic E-state index is 5.30. The Kier molecular flexibility index (Phi) is 12.0. The summed E-state index contributed by atoms with van der Waals surface area (Å²) in [6, 6.07) is 8.71. The fourth-order valence-corrected chi connectivity index (χ4v) is 7.76. The van der Waals surface area contributed by atoms with Gasteiger partial charge in [-0.05, 0) is 150 Å². The summed E-state index contributed by atoms with van der Waals surface area (Å²) in [5.74, 6) is 0. The third-order valence-electron chi connectivity index (χ3n) is 9.54. The molecule has 9 heteroatoms. The molecule has 4 aromatic heterocycles. The van der Waals surface area contributed by atoms with Crippen molar-refractivity contribution in [3.8, 4) is 0 Å². The lowest BCUT2D eigenvalue weighted by atomic mass is 10.0. The van der Waals surface area contributed by atoms with Crippen LogP contribution in [0.2, 0.25) is 0 Å². The van der Waals surface area contributed by atoms with Crippen LogP contribution in [-0.4, -0.2) is 28.3 Å². The third kappa shape index (κ3) is 7.49. The van der Waals surface area contributed by atoms with E-state index in [0.29, 0.717) is 0 Å². The van der Waals surface area contributed by atoms with E-state index in [1.165, 1.54) is 101 Å². The molecular weight excluding hydrogens is 657 g/mol. The van der Waals surface area contributed by atoms with Crippen molar-refractivity contribution in [1.29, 1.82) is 0 Å². The van der Waals surface area contributed by atoms with Gasteiger partial charge in [-0.3, -0.25) is 0 Å². The molecule has 262 valence electrons. The Labute approximate surface area is 304 Å². The van der Waals surface area contributed by atoms with E-state index in [1.807, 2.05) is 18.9 Å². The standard InChI is InChI=1S/C11H14N2.C10H11NO.C10H11NS.C9H10N2S.CH4/c1-7-5-8(2)10-11(9(7)3)13(4)6-12-10;2*1-6-4-7(2)9-10(8(6)3)12-5-11-9;1-5-4-6(2)8-9(7(5)3)11-12-10-8;/h5-6H,1-4H3;2*4-5H,1-3H3;4H,1-3H3;1H4. The van der Waals surface area contributed by atoms with Gasteiger partial charge in [0.05, 0.1) is 44.8 Å². The summed E-state index contributed by atoms with van der Waals surface area (Å²) >= 11 is 3.02. The highest BCUT2D eigenvalue weighted by molar-refractivity contribution is 7.17. The Morgan fingerprint density at radius 2 is 1.04 bits per heavy atom. The van der Waals surface area contributed by atoms with Crippen molar-refractivity contribution in [1.82, 2.24) is 28.3 Å². The topological polar surface area (TPSA) is 82.5 Å². The number of benzene rings is 4. The lowest BCUT2D eigenvalue weighted by Gasteiger charge is -2.05. The van der Waals surface area contributed by atoms with Crippen LogP contribution in [0.15, 0.2) is 46.9 Å². The SMILES string of the molecule is C.Cc1cc(C)c2ncn(C)c2c1C.Cc1cc(C)c2ncoc2c1C.Cc1cc(C)c2ncsc2c1C.Cc1cc(C)c2nsnc2c1C. The van der Waals surface area contributed by atoms with Gasteiger partial charge >= 0.3 is 0 Å². The van der Waals surface area contributed by atoms with Gasteiger partial charge in [0.1, 0.15) is 16.6 Å². The Morgan fingerprint density at radius 1 is 0.520 bits per heavy atom. The fraction of sp³-hybridized carbons (Fsp3) is 0.341. The van der Waals surface area contributed by atoms with E-state index in [-0.39, 0.29) is 7.43 Å². The summed E-state index contributed by atoms with van der Waals surface area (Å²) in [4.78, 5) is 12.9. The van der Waals surface area contributed by atoms with Gasteiger partial charge in [-0.25, -0.2) is 15.0 Å². The van der Waals surface area contributed by atoms with Gasteiger partial charge in [0.2, 0.25) is 0 Å². The lowest BCUT2D eigenvalue weighted by molar-refractivity contribution is 0.599. The molecule has 0 unspecified atom stereocenters. The van der Waals surface area contributed by atoms with Crippen molar-refractivity contribution >= 4 is 66.4 Å². The molecule has 50 heavy (non-hydrogen) atoms. The number of oxazole rings is 1. The van der Waals surface area contributed by atoms with E-state index >= 15 is 0 Å². The van der Waals surface area contributed by atoms with Crippen molar-refractivity contribution in [2.75, 3.05) is 0 Å². The number of aryl methyl sites for hydroxylation is 13. The largest absolute Gasteiger partial charge is 0.443 e. The average Bonchev–Trinajstić information content (AvgIpc) is 3.88. The summed E-state index contributed by atoms with van der Waals surface area (Å²) in [6.45, 7) is 25.3. The highest BCUT2D eigenvalue weighted by atomic mass is 32.1. The van der Waals surface area contributed by atoms with Gasteiger partial charge in [-0.1, -0.05) is 31.7 Å². The zero-order valence-corrected chi connectivity index (χ0v) is 32.6. The number of nitrogens with zero attached hydrogens (tertiary/aromatic N) is 6. The number of aromatic nitrogens is 6. The lowest BCUT2D eigenvalue weighted by Crippen LogP contribution is -1.91. The summed E-state index contributed by atoms with van der Waals surface area (Å²) in [5.41, 5.74) is 24.9. The molecular formula is C41H50N6OS2. The number of rotatable bonds is 0. The molecule has 0 fully saturated rings. The number of hydrogen-bond acceptors (Lipinski definition) is 8. The van der Waals surface area contributed by atoms with Crippen molar-refractivity contribution in [2.45, 2.75) is 90.5 Å². The highest BCUT2D eigenvalue weighted by Gasteiger charge is 2.10. The van der Waals surface area contributed by atoms with Crippen molar-refractivity contribution in [2.24, 2.45) is 7.05 Å². The van der Waals surface area contributed by atoms with Gasteiger partial charge in [-0.2, -0.15) is 8.75 Å². The highest BCUT2D eigenvalue weighted by Crippen LogP contribution is 2.28. The Balaban J connectivity index is 0.000000149. The Morgan fingerprint density at radius 3 is 1.70 bits per heavy atom. The molecule has 0 saturated heterocycles. The number of fused-ring (bicyclic) bond motifs is 4. The maximum absolute atomic E-state index is 5.30. The number of imidazole rings is 1. The molecule has 0 bridgehead atoms. The quantitative estimate of drug-likeness (QED) is 0.156. The summed E-state index contributed by atoms with van der Waals surface area (Å²) in [5, 5.41) is 0. The van der Waals surface area contributed by atoms with E-state index in [1.54, 1.807) is 11.3 Å². The second-order valence-electron chi connectivity index (χ2n) is 13.1. The van der Waals surface area contributed by atoms with Crippen molar-refractivity contribution in [3.63, 3.8) is 0 Å². The minimum atomic E-state index is 0. The van der Waals surface area contributed by atoms with Crippen molar-refractivity contribution in [3.05, 3.63) is 109 Å². The van der Waals surface area contributed by atoms with Crippen LogP contribution >= 0.6 is 23.1 Å². The zero-order valence-electron chi connectivity index (χ0n) is 30.9. The first kappa shape index (κ1) is 38.3. The maximum Gasteiger partial charge on any atom is 0.182 e. The second-order valence-corrected chi connectivity index (χ2v) is 14.5. The molecule has 0 N–H and O–H groups in total. The van der Waals surface area contributed by atoms with Crippen LogP contribution in [-0.2, 0) is 7.05 Å². The molecule has 7 nitrogen and oxygen atoms in total. The van der Waals surface area contributed by atoms with Crippen LogP contribution < -0.4 is 0 Å². The first-order valence-corrected chi connectivity index (χ1v) is 18.0. The van der Waals surface area contributed by atoms with Gasteiger partial charge < -0.3 is 8.98 Å². The molecule has 0 aliphatic rings. The number of thiazole rings is 1. The molecule has 0 amide bonds. The monoisotopic (exact) mass is 706 g/mol. The predicted octanol–water partition coefficient (Wildman–Crippen LogP) is 11.7. The van der Waals surface area contributed by atoms with Crippen molar-refractivity contribution < 1.29 is 4.42 Å². The van der Waals surface area contributed by atoms with Gasteiger partial charge in [0, 0.05) is 7.05 Å². The summed E-state index contributed by atoms with van der Waals surface area (Å²) in [6.07, 6.45) is 3.38. The van der Waals surface area contributed by atoms with Crippen LogP contribution in [0.5, 0.6) is 0 Å². The van der Waals surface area contributed by atoms with E-state index in [2.05, 4.69) is 136 Å². The van der Waals surface area contributed by atoms with Gasteiger partial charge in [0.25, 0.3) is 0 Å². The first-order chi connectivity index (χ1) is 23.2. The molecule has 0 spiro atoms. The second kappa shape index (κ2) is 15.6. The summed E-state index contributed by atoms with van der Waals surface area (Å²) < 4.78 is 17.2. The smallest absolute Gasteiger partial charge is 0.182 e. The van der Waals surface area contributed by atoms with E-state index in [9.17, 15) is 0 Å². The average molecular weight is 707 g/mol. The minimum Gasteiger partial charge on any atom is -0.443 e. The number of hydrogen-bond donors (Lipinski definition) is 0. The van der Waals surface area contributed by atoms with Gasteiger partial charge in [0.15, 0.2) is 12.0 Å². The molecule has 4 aromatic carbocycles. The van der Waals surface area contributed by atoms with Crippen LogP contribution in [0.1, 0.15) is 74.2 Å². The van der Waals surface area contributed by atoms with Crippen LogP contribution in [0.3, 0.4) is 0 Å². The molecule has 8 rings (SSSR count). The molecule has 0 saturated carbocycles. The molecule has 4 heterocycles. The van der Waals surface area contributed by atoms with Crippen LogP contribution in [0, 0.1) is 83.1 Å². The molecule has 0 atom stereocenters. The molecule has 0 aliphatic carbocycles. The Bertz CT molecular complexity index is 2240. The Hall–Kier alpha value is -4.47. The van der Waals surface area contributed by atoms with E-state index < -0.39 is 0 Å². The molecule has 0 aliphatic heterocycles. The summed E-state index contributed by atoms with van der Waals surface area (Å²) in [7, 11) is 2.04. The van der Waals surface area contributed by atoms with Crippen LogP contribution in [0.4, 0.5) is 0 Å². The first-order valence-electron chi connectivity index (χ1n) is 16.4. The van der Waals surface area contributed by atoms with E-state index in [4.69, 9.17) is 4.42 Å². The van der Waals surface area contributed by atoms with E-state index in [0.717, 1.165) is 27.6 Å². The van der Waals surface area contributed by atoms with Gasteiger partial charge in [-0.15, -0.1) is 11.3 Å². The minimum absolute atomic E-state index is 0. The predicted molar refractivity (Wildman–Crippen MR) is 215 cm³/mol. The van der Waals surface area contributed by atoms with Crippen LogP contribution in [0.25, 0.3) is 43.4 Å². The molecule has 8 aromatic rings.